The van der Waals surface area contributed by atoms with E-state index in [1.807, 2.05) is 47.0 Å². The number of aromatic nitrogens is 2. The highest BCUT2D eigenvalue weighted by Crippen LogP contribution is 2.37. The van der Waals surface area contributed by atoms with Gasteiger partial charge in [-0.1, -0.05) is 42.1 Å². The maximum absolute atomic E-state index is 12.7. The predicted octanol–water partition coefficient (Wildman–Crippen LogP) is 3.26. The molecule has 7 heteroatoms. The number of carbonyl (C=O) groups is 1. The summed E-state index contributed by atoms with van der Waals surface area (Å²) in [5, 5.41) is 12.7. The second-order valence-corrected chi connectivity index (χ2v) is 7.26. The van der Waals surface area contributed by atoms with Crippen molar-refractivity contribution in [2.45, 2.75) is 11.2 Å². The molecule has 1 amide bonds. The van der Waals surface area contributed by atoms with Crippen molar-refractivity contribution in [2.75, 3.05) is 18.9 Å². The van der Waals surface area contributed by atoms with Crippen LogP contribution in [0.15, 0.2) is 66.0 Å². The van der Waals surface area contributed by atoms with Crippen LogP contribution < -0.4 is 10.1 Å². The van der Waals surface area contributed by atoms with Crippen LogP contribution in [-0.4, -0.2) is 34.4 Å². The summed E-state index contributed by atoms with van der Waals surface area (Å²) in [5.41, 5.74) is 2.22. The van der Waals surface area contributed by atoms with Crippen LogP contribution in [0.25, 0.3) is 0 Å². The fraction of sp³-hybridized carbons (Fsp3) is 0.190. The monoisotopic (exact) mass is 390 g/mol. The summed E-state index contributed by atoms with van der Waals surface area (Å²) in [6.07, 6.45) is 1.62. The Morgan fingerprint density at radius 3 is 2.79 bits per heavy atom. The van der Waals surface area contributed by atoms with Crippen LogP contribution in [0.1, 0.15) is 27.7 Å². The van der Waals surface area contributed by atoms with Gasteiger partial charge in [-0.15, -0.1) is 0 Å². The second-order valence-electron chi connectivity index (χ2n) is 6.27. The fourth-order valence-electron chi connectivity index (χ4n) is 3.11. The molecule has 1 aliphatic rings. The standard InChI is InChI=1S/C21H18N4O2S/c22-12-15-6-8-16(9-7-15)19-14-28-21-24-13-18(25(19)21)20(26)23-10-11-27-17-4-2-1-3-5-17/h1-9,13,19H,10-11,14H2,(H,23,26). The summed E-state index contributed by atoms with van der Waals surface area (Å²) < 4.78 is 7.58. The highest BCUT2D eigenvalue weighted by atomic mass is 32.2. The van der Waals surface area contributed by atoms with Gasteiger partial charge in [-0.3, -0.25) is 4.79 Å². The molecule has 1 aromatic heterocycles. The molecule has 2 heterocycles. The molecule has 0 saturated carbocycles. The predicted molar refractivity (Wildman–Crippen MR) is 107 cm³/mol. The molecule has 4 rings (SSSR count). The van der Waals surface area contributed by atoms with E-state index in [4.69, 9.17) is 10.00 Å². The van der Waals surface area contributed by atoms with Crippen LogP contribution in [0, 0.1) is 11.3 Å². The number of imidazole rings is 1. The molecule has 0 radical (unpaired) electrons. The lowest BCUT2D eigenvalue weighted by Crippen LogP contribution is -2.30. The smallest absolute Gasteiger partial charge is 0.269 e. The van der Waals surface area contributed by atoms with Gasteiger partial charge in [-0.05, 0) is 29.8 Å². The summed E-state index contributed by atoms with van der Waals surface area (Å²) in [6.45, 7) is 0.799. The number of benzene rings is 2. The van der Waals surface area contributed by atoms with Gasteiger partial charge in [0, 0.05) is 5.75 Å². The quantitative estimate of drug-likeness (QED) is 0.654. The second kappa shape index (κ2) is 8.19. The molecule has 6 nitrogen and oxygen atoms in total. The third kappa shape index (κ3) is 3.73. The first kappa shape index (κ1) is 18.1. The Morgan fingerprint density at radius 2 is 2.04 bits per heavy atom. The van der Waals surface area contributed by atoms with Crippen molar-refractivity contribution >= 4 is 17.7 Å². The molecule has 0 fully saturated rings. The van der Waals surface area contributed by atoms with E-state index in [-0.39, 0.29) is 11.9 Å². The van der Waals surface area contributed by atoms with Crippen LogP contribution in [0.3, 0.4) is 0 Å². The molecule has 0 spiro atoms. The number of nitriles is 1. The number of hydrogen-bond donors (Lipinski definition) is 1. The van der Waals surface area contributed by atoms with E-state index < -0.39 is 0 Å². The van der Waals surface area contributed by atoms with Gasteiger partial charge in [0.15, 0.2) is 5.16 Å². The molecule has 1 aliphatic heterocycles. The number of amides is 1. The van der Waals surface area contributed by atoms with Crippen LogP contribution in [-0.2, 0) is 0 Å². The zero-order valence-corrected chi connectivity index (χ0v) is 15.9. The van der Waals surface area contributed by atoms with E-state index in [0.717, 1.165) is 22.2 Å². The van der Waals surface area contributed by atoms with Crippen molar-refractivity contribution in [1.29, 1.82) is 5.26 Å². The van der Waals surface area contributed by atoms with Gasteiger partial charge in [0.1, 0.15) is 18.1 Å². The topological polar surface area (TPSA) is 79.9 Å². The largest absolute Gasteiger partial charge is 0.492 e. The van der Waals surface area contributed by atoms with Crippen molar-refractivity contribution in [2.24, 2.45) is 0 Å². The average molecular weight is 390 g/mol. The zero-order valence-electron chi connectivity index (χ0n) is 15.0. The fourth-order valence-corrected chi connectivity index (χ4v) is 4.25. The number of para-hydroxylation sites is 1. The zero-order chi connectivity index (χ0) is 19.3. The minimum atomic E-state index is -0.170. The van der Waals surface area contributed by atoms with E-state index >= 15 is 0 Å². The number of nitrogens with one attached hydrogen (secondary N) is 1. The van der Waals surface area contributed by atoms with Crippen molar-refractivity contribution < 1.29 is 9.53 Å². The Morgan fingerprint density at radius 1 is 1.25 bits per heavy atom. The molecule has 140 valence electrons. The Balaban J connectivity index is 1.42. The summed E-state index contributed by atoms with van der Waals surface area (Å²) in [6, 6.07) is 19.1. The first-order chi connectivity index (χ1) is 13.8. The van der Waals surface area contributed by atoms with Gasteiger partial charge < -0.3 is 14.6 Å². The van der Waals surface area contributed by atoms with Gasteiger partial charge in [0.25, 0.3) is 5.91 Å². The van der Waals surface area contributed by atoms with E-state index in [1.54, 1.807) is 30.1 Å². The summed E-state index contributed by atoms with van der Waals surface area (Å²) in [5.74, 6) is 1.42. The Kier molecular flexibility index (Phi) is 5.31. The number of rotatable bonds is 6. The normalized spacial score (nSPS) is 14.9. The van der Waals surface area contributed by atoms with Gasteiger partial charge in [-0.2, -0.15) is 5.26 Å². The summed E-state index contributed by atoms with van der Waals surface area (Å²) >= 11 is 1.63. The molecule has 1 unspecified atom stereocenters. The number of nitrogens with zero attached hydrogens (tertiary/aromatic N) is 3. The van der Waals surface area contributed by atoms with Gasteiger partial charge >= 0.3 is 0 Å². The van der Waals surface area contributed by atoms with Gasteiger partial charge in [-0.25, -0.2) is 4.98 Å². The number of carbonyl (C=O) groups excluding carboxylic acids is 1. The van der Waals surface area contributed by atoms with E-state index in [1.165, 1.54) is 0 Å². The molecule has 0 bridgehead atoms. The molecule has 0 saturated heterocycles. The lowest BCUT2D eigenvalue weighted by molar-refractivity contribution is 0.0936. The van der Waals surface area contributed by atoms with Crippen molar-refractivity contribution in [1.82, 2.24) is 14.9 Å². The molecule has 0 aliphatic carbocycles. The van der Waals surface area contributed by atoms with Crippen molar-refractivity contribution in [3.05, 3.63) is 77.6 Å². The van der Waals surface area contributed by atoms with Crippen molar-refractivity contribution in [3.63, 3.8) is 0 Å². The minimum Gasteiger partial charge on any atom is -0.492 e. The molecule has 28 heavy (non-hydrogen) atoms. The lowest BCUT2D eigenvalue weighted by Gasteiger charge is -2.16. The molecule has 2 aromatic carbocycles. The Bertz CT molecular complexity index is 1010. The molecule has 1 atom stereocenters. The van der Waals surface area contributed by atoms with Crippen LogP contribution >= 0.6 is 11.8 Å². The Hall–Kier alpha value is -3.24. The van der Waals surface area contributed by atoms with E-state index in [0.29, 0.717) is 24.4 Å². The number of ether oxygens (including phenoxy) is 1. The van der Waals surface area contributed by atoms with Crippen LogP contribution in [0.5, 0.6) is 5.75 Å². The Labute approximate surface area is 167 Å². The lowest BCUT2D eigenvalue weighted by atomic mass is 10.1. The number of hydrogen-bond acceptors (Lipinski definition) is 5. The van der Waals surface area contributed by atoms with Crippen LogP contribution in [0.2, 0.25) is 0 Å². The maximum atomic E-state index is 12.7. The van der Waals surface area contributed by atoms with Crippen LogP contribution in [0.4, 0.5) is 0 Å². The van der Waals surface area contributed by atoms with E-state index in [2.05, 4.69) is 16.4 Å². The third-order valence-electron chi connectivity index (χ3n) is 4.50. The highest BCUT2D eigenvalue weighted by molar-refractivity contribution is 7.99. The maximum Gasteiger partial charge on any atom is 0.269 e. The molecular weight excluding hydrogens is 372 g/mol. The molecule has 1 N–H and O–H groups in total. The average Bonchev–Trinajstić information content (AvgIpc) is 3.34. The number of fused-ring (bicyclic) bond motifs is 1. The number of thioether (sulfide) groups is 1. The minimum absolute atomic E-state index is 0.0246. The summed E-state index contributed by atoms with van der Waals surface area (Å²) in [4.78, 5) is 17.1. The molecular formula is C21H18N4O2S. The van der Waals surface area contributed by atoms with Crippen molar-refractivity contribution in [3.8, 4) is 11.8 Å². The van der Waals surface area contributed by atoms with E-state index in [9.17, 15) is 4.79 Å². The summed E-state index contributed by atoms with van der Waals surface area (Å²) in [7, 11) is 0. The molecule has 3 aromatic rings. The van der Waals surface area contributed by atoms with Gasteiger partial charge in [0.2, 0.25) is 0 Å². The highest BCUT2D eigenvalue weighted by Gasteiger charge is 2.30. The van der Waals surface area contributed by atoms with Gasteiger partial charge in [0.05, 0.1) is 30.4 Å². The first-order valence-corrected chi connectivity index (χ1v) is 9.91. The third-order valence-corrected chi connectivity index (χ3v) is 5.54. The SMILES string of the molecule is N#Cc1ccc(C2CSc3ncc(C(=O)NCCOc4ccccc4)n32)cc1. The first-order valence-electron chi connectivity index (χ1n) is 8.92.